The Morgan fingerprint density at radius 1 is 1.08 bits per heavy atom. The third-order valence-corrected chi connectivity index (χ3v) is 5.96. The van der Waals surface area contributed by atoms with Gasteiger partial charge < -0.3 is 4.90 Å². The number of benzene rings is 1. The molecule has 0 N–H and O–H groups in total. The molecule has 0 bridgehead atoms. The van der Waals surface area contributed by atoms with Crippen molar-refractivity contribution in [3.8, 4) is 11.3 Å². The number of hydrogen-bond acceptors (Lipinski definition) is 3. The molecule has 5 heteroatoms. The maximum atomic E-state index is 12.6. The fourth-order valence-electron chi connectivity index (χ4n) is 4.34. The molecule has 2 aliphatic rings. The van der Waals surface area contributed by atoms with Gasteiger partial charge in [-0.1, -0.05) is 67.6 Å². The third-order valence-electron chi connectivity index (χ3n) is 5.96. The molecule has 1 saturated carbocycles. The molecule has 1 atom stereocenters. The molecular formula is C21H28N4O. The van der Waals surface area contributed by atoms with E-state index in [1.807, 2.05) is 46.1 Å². The van der Waals surface area contributed by atoms with Gasteiger partial charge in [0, 0.05) is 25.1 Å². The quantitative estimate of drug-likeness (QED) is 0.815. The number of hydrogen-bond donors (Lipinski definition) is 0. The summed E-state index contributed by atoms with van der Waals surface area (Å²) >= 11 is 0. The highest BCUT2D eigenvalue weighted by Crippen LogP contribution is 2.29. The van der Waals surface area contributed by atoms with Crippen molar-refractivity contribution in [1.82, 2.24) is 19.9 Å². The van der Waals surface area contributed by atoms with Crippen LogP contribution in [-0.2, 0) is 4.79 Å². The van der Waals surface area contributed by atoms with Crippen LogP contribution in [0.4, 0.5) is 0 Å². The monoisotopic (exact) mass is 352 g/mol. The summed E-state index contributed by atoms with van der Waals surface area (Å²) in [4.78, 5) is 14.6. The Labute approximate surface area is 155 Å². The molecule has 2 fully saturated rings. The zero-order valence-electron chi connectivity index (χ0n) is 15.4. The van der Waals surface area contributed by atoms with Crippen LogP contribution >= 0.6 is 0 Å². The largest absolute Gasteiger partial charge is 0.340 e. The standard InChI is InChI=1S/C21H28N4O/c26-21(12-11-17-7-3-1-4-8-17)24-14-13-19(15-24)25-16-20(22-23-25)18-9-5-2-6-10-18/h2,5-6,9-10,16-17,19H,1,3-4,7-8,11-15H2. The van der Waals surface area contributed by atoms with Gasteiger partial charge in [0.05, 0.1) is 12.2 Å². The van der Waals surface area contributed by atoms with E-state index in [1.165, 1.54) is 32.1 Å². The van der Waals surface area contributed by atoms with Crippen LogP contribution in [0.5, 0.6) is 0 Å². The number of carbonyl (C=O) groups is 1. The summed E-state index contributed by atoms with van der Waals surface area (Å²) in [6.45, 7) is 1.61. The van der Waals surface area contributed by atoms with Crippen molar-refractivity contribution < 1.29 is 4.79 Å². The summed E-state index contributed by atoms with van der Waals surface area (Å²) in [7, 11) is 0. The van der Waals surface area contributed by atoms with Gasteiger partial charge in [0.1, 0.15) is 5.69 Å². The highest BCUT2D eigenvalue weighted by Gasteiger charge is 2.28. The number of likely N-dealkylation sites (tertiary alicyclic amines) is 1. The Hall–Kier alpha value is -2.17. The second kappa shape index (κ2) is 8.02. The molecule has 0 spiro atoms. The zero-order chi connectivity index (χ0) is 17.8. The van der Waals surface area contributed by atoms with Crippen LogP contribution < -0.4 is 0 Å². The Morgan fingerprint density at radius 2 is 1.88 bits per heavy atom. The minimum atomic E-state index is 0.249. The SMILES string of the molecule is O=C(CCC1CCCCC1)N1CCC(n2cc(-c3ccccc3)nn2)C1. The first-order chi connectivity index (χ1) is 12.8. The average Bonchev–Trinajstić information content (AvgIpc) is 3.37. The predicted octanol–water partition coefficient (Wildman–Crippen LogP) is 4.08. The van der Waals surface area contributed by atoms with Gasteiger partial charge in [0.25, 0.3) is 0 Å². The fourth-order valence-corrected chi connectivity index (χ4v) is 4.34. The molecule has 1 aromatic heterocycles. The van der Waals surface area contributed by atoms with Gasteiger partial charge in [-0.2, -0.15) is 0 Å². The lowest BCUT2D eigenvalue weighted by atomic mass is 9.86. The molecule has 5 nitrogen and oxygen atoms in total. The third kappa shape index (κ3) is 3.97. The lowest BCUT2D eigenvalue weighted by Crippen LogP contribution is -2.29. The van der Waals surface area contributed by atoms with Crippen molar-refractivity contribution >= 4 is 5.91 Å². The smallest absolute Gasteiger partial charge is 0.222 e. The molecule has 138 valence electrons. The van der Waals surface area contributed by atoms with Crippen molar-refractivity contribution in [1.29, 1.82) is 0 Å². The lowest BCUT2D eigenvalue weighted by molar-refractivity contribution is -0.130. The Balaban J connectivity index is 1.30. The van der Waals surface area contributed by atoms with E-state index in [9.17, 15) is 4.79 Å². The topological polar surface area (TPSA) is 51.0 Å². The predicted molar refractivity (Wildman–Crippen MR) is 102 cm³/mol. The van der Waals surface area contributed by atoms with Crippen molar-refractivity contribution in [2.45, 2.75) is 57.4 Å². The van der Waals surface area contributed by atoms with Crippen LogP contribution in [0.15, 0.2) is 36.5 Å². The molecule has 2 aromatic rings. The summed E-state index contributed by atoms with van der Waals surface area (Å²) in [6.07, 6.45) is 11.5. The van der Waals surface area contributed by atoms with Crippen LogP contribution in [0.3, 0.4) is 0 Å². The molecule has 4 rings (SSSR count). The fraction of sp³-hybridized carbons (Fsp3) is 0.571. The van der Waals surface area contributed by atoms with E-state index in [1.54, 1.807) is 0 Å². The minimum Gasteiger partial charge on any atom is -0.340 e. The van der Waals surface area contributed by atoms with Gasteiger partial charge in [-0.05, 0) is 18.8 Å². The summed E-state index contributed by atoms with van der Waals surface area (Å²) in [5, 5.41) is 8.62. The molecule has 1 saturated heterocycles. The van der Waals surface area contributed by atoms with Crippen LogP contribution in [0.25, 0.3) is 11.3 Å². The molecule has 0 radical (unpaired) electrons. The molecule has 26 heavy (non-hydrogen) atoms. The van der Waals surface area contributed by atoms with Gasteiger partial charge >= 0.3 is 0 Å². The van der Waals surface area contributed by atoms with E-state index in [4.69, 9.17) is 0 Å². The van der Waals surface area contributed by atoms with E-state index >= 15 is 0 Å². The maximum absolute atomic E-state index is 12.6. The Morgan fingerprint density at radius 3 is 2.69 bits per heavy atom. The van der Waals surface area contributed by atoms with Gasteiger partial charge in [-0.15, -0.1) is 5.10 Å². The zero-order valence-corrected chi connectivity index (χ0v) is 15.4. The van der Waals surface area contributed by atoms with E-state index < -0.39 is 0 Å². The van der Waals surface area contributed by atoms with E-state index in [-0.39, 0.29) is 6.04 Å². The average molecular weight is 352 g/mol. The summed E-state index contributed by atoms with van der Waals surface area (Å²) in [5.74, 6) is 1.09. The van der Waals surface area contributed by atoms with Crippen LogP contribution in [0, 0.1) is 5.92 Å². The first-order valence-corrected chi connectivity index (χ1v) is 10.0. The Bertz CT molecular complexity index is 721. The van der Waals surface area contributed by atoms with E-state index in [2.05, 4.69) is 10.3 Å². The first-order valence-electron chi connectivity index (χ1n) is 10.0. The van der Waals surface area contributed by atoms with Crippen LogP contribution in [0.1, 0.15) is 57.4 Å². The van der Waals surface area contributed by atoms with Crippen LogP contribution in [-0.4, -0.2) is 38.9 Å². The molecular weight excluding hydrogens is 324 g/mol. The van der Waals surface area contributed by atoms with Crippen molar-refractivity contribution in [2.75, 3.05) is 13.1 Å². The molecule has 1 aromatic carbocycles. The number of amides is 1. The van der Waals surface area contributed by atoms with Gasteiger partial charge in [0.15, 0.2) is 0 Å². The second-order valence-corrected chi connectivity index (χ2v) is 7.77. The van der Waals surface area contributed by atoms with Crippen molar-refractivity contribution in [3.05, 3.63) is 36.5 Å². The normalized spacial score (nSPS) is 21.2. The second-order valence-electron chi connectivity index (χ2n) is 7.77. The molecule has 1 aliphatic carbocycles. The number of carbonyl (C=O) groups excluding carboxylic acids is 1. The molecule has 1 unspecified atom stereocenters. The van der Waals surface area contributed by atoms with Crippen molar-refractivity contribution in [2.24, 2.45) is 5.92 Å². The highest BCUT2D eigenvalue weighted by molar-refractivity contribution is 5.76. The molecule has 1 aliphatic heterocycles. The van der Waals surface area contributed by atoms with Gasteiger partial charge in [0.2, 0.25) is 5.91 Å². The maximum Gasteiger partial charge on any atom is 0.222 e. The van der Waals surface area contributed by atoms with Gasteiger partial charge in [-0.3, -0.25) is 4.79 Å². The lowest BCUT2D eigenvalue weighted by Gasteiger charge is -2.22. The Kier molecular flexibility index (Phi) is 5.32. The first kappa shape index (κ1) is 17.3. The summed E-state index contributed by atoms with van der Waals surface area (Å²) < 4.78 is 1.94. The van der Waals surface area contributed by atoms with E-state index in [0.29, 0.717) is 12.3 Å². The number of rotatable bonds is 5. The summed E-state index contributed by atoms with van der Waals surface area (Å²) in [6, 6.07) is 10.4. The minimum absolute atomic E-state index is 0.249. The molecule has 2 heterocycles. The van der Waals surface area contributed by atoms with E-state index in [0.717, 1.165) is 43.1 Å². The van der Waals surface area contributed by atoms with Gasteiger partial charge in [-0.25, -0.2) is 4.68 Å². The van der Waals surface area contributed by atoms with Crippen LogP contribution in [0.2, 0.25) is 0 Å². The van der Waals surface area contributed by atoms with Crippen molar-refractivity contribution in [3.63, 3.8) is 0 Å². The summed E-state index contributed by atoms with van der Waals surface area (Å²) in [5.41, 5.74) is 1.98. The molecule has 1 amide bonds. The number of aromatic nitrogens is 3. The number of nitrogens with zero attached hydrogens (tertiary/aromatic N) is 4. The highest BCUT2D eigenvalue weighted by atomic mass is 16.2.